The van der Waals surface area contributed by atoms with Gasteiger partial charge in [-0.1, -0.05) is 0 Å². The van der Waals surface area contributed by atoms with Crippen molar-refractivity contribution in [3.8, 4) is 6.07 Å². The van der Waals surface area contributed by atoms with E-state index in [0.717, 1.165) is 25.2 Å². The minimum Gasteiger partial charge on any atom is -0.481 e. The number of carboxylic acid groups (broad SMARTS) is 1. The van der Waals surface area contributed by atoms with Gasteiger partial charge in [-0.15, -0.1) is 11.3 Å². The molecule has 3 rings (SSSR count). The van der Waals surface area contributed by atoms with Crippen LogP contribution in [0.2, 0.25) is 0 Å². The summed E-state index contributed by atoms with van der Waals surface area (Å²) >= 11 is 1.53. The summed E-state index contributed by atoms with van der Waals surface area (Å²) in [6, 6.07) is 1.93. The Labute approximate surface area is 155 Å². The maximum Gasteiger partial charge on any atom is 0.306 e. The molecular formula is C17H21N5O3S. The molecule has 0 aliphatic carbocycles. The topological polar surface area (TPSA) is 110 Å². The molecule has 2 aliphatic heterocycles. The molecule has 1 amide bonds. The van der Waals surface area contributed by atoms with E-state index in [9.17, 15) is 14.9 Å². The number of likely N-dealkylation sites (tertiary alicyclic amines) is 1. The number of carbonyl (C=O) groups excluding carboxylic acids is 1. The quantitative estimate of drug-likeness (QED) is 0.602. The van der Waals surface area contributed by atoms with Crippen LogP contribution in [0.15, 0.2) is 11.8 Å². The van der Waals surface area contributed by atoms with Gasteiger partial charge in [-0.25, -0.2) is 4.98 Å². The van der Waals surface area contributed by atoms with Crippen LogP contribution in [-0.2, 0) is 22.6 Å². The Kier molecular flexibility index (Phi) is 5.54. The number of amides is 1. The van der Waals surface area contributed by atoms with E-state index in [1.165, 1.54) is 27.3 Å². The SMILES string of the molecule is CN1CCc2nc(N/C=C(/C#N)C(=O)N3CCC(C(=O)O)CC3)sc2C1. The monoisotopic (exact) mass is 375 g/mol. The predicted molar refractivity (Wildman–Crippen MR) is 96.4 cm³/mol. The van der Waals surface area contributed by atoms with E-state index in [4.69, 9.17) is 5.11 Å². The zero-order valence-corrected chi connectivity index (χ0v) is 15.4. The molecule has 1 aromatic rings. The molecule has 3 heterocycles. The van der Waals surface area contributed by atoms with Crippen molar-refractivity contribution in [2.24, 2.45) is 5.92 Å². The number of fused-ring (bicyclic) bond motifs is 1. The van der Waals surface area contributed by atoms with Crippen molar-refractivity contribution < 1.29 is 14.7 Å². The second-order valence-corrected chi connectivity index (χ2v) is 7.68. The smallest absolute Gasteiger partial charge is 0.306 e. The predicted octanol–water partition coefficient (Wildman–Crippen LogP) is 1.27. The Bertz CT molecular complexity index is 774. The van der Waals surface area contributed by atoms with E-state index >= 15 is 0 Å². The molecule has 138 valence electrons. The van der Waals surface area contributed by atoms with Crippen LogP contribution in [0.25, 0.3) is 0 Å². The zero-order chi connectivity index (χ0) is 18.7. The van der Waals surface area contributed by atoms with Crippen molar-refractivity contribution in [1.29, 1.82) is 5.26 Å². The molecular weight excluding hydrogens is 354 g/mol. The largest absolute Gasteiger partial charge is 0.481 e. The van der Waals surface area contributed by atoms with Crippen molar-refractivity contribution >= 4 is 28.3 Å². The van der Waals surface area contributed by atoms with Crippen LogP contribution >= 0.6 is 11.3 Å². The molecule has 9 heteroatoms. The minimum absolute atomic E-state index is 0.00376. The van der Waals surface area contributed by atoms with Gasteiger partial charge in [0.15, 0.2) is 5.13 Å². The van der Waals surface area contributed by atoms with Gasteiger partial charge in [-0.2, -0.15) is 5.26 Å². The average Bonchev–Trinajstić information content (AvgIpc) is 3.04. The number of nitriles is 1. The number of nitrogens with one attached hydrogen (secondary N) is 1. The lowest BCUT2D eigenvalue weighted by Gasteiger charge is -2.29. The molecule has 8 nitrogen and oxygen atoms in total. The molecule has 1 aromatic heterocycles. The number of thiazole rings is 1. The number of nitrogens with zero attached hydrogens (tertiary/aromatic N) is 4. The standard InChI is InChI=1S/C17H21N5O3S/c1-21-5-4-13-14(10-21)26-17(20-13)19-9-12(8-18)15(23)22-6-2-11(3-7-22)16(24)25/h9,11H,2-7,10H2,1H3,(H,19,20)(H,24,25)/b12-9-. The second kappa shape index (κ2) is 7.85. The Morgan fingerprint density at radius 2 is 2.12 bits per heavy atom. The van der Waals surface area contributed by atoms with Crippen LogP contribution in [-0.4, -0.2) is 58.4 Å². The van der Waals surface area contributed by atoms with Crippen LogP contribution < -0.4 is 5.32 Å². The number of carbonyl (C=O) groups is 2. The number of rotatable bonds is 4. The van der Waals surface area contributed by atoms with Gasteiger partial charge in [0.1, 0.15) is 11.6 Å². The molecule has 2 N–H and O–H groups in total. The van der Waals surface area contributed by atoms with Crippen LogP contribution in [0.5, 0.6) is 0 Å². The molecule has 0 spiro atoms. The minimum atomic E-state index is -0.826. The third-order valence-corrected chi connectivity index (χ3v) is 5.76. The number of hydrogen-bond donors (Lipinski definition) is 2. The number of carboxylic acids is 1. The highest BCUT2D eigenvalue weighted by molar-refractivity contribution is 7.15. The first-order chi connectivity index (χ1) is 12.5. The highest BCUT2D eigenvalue weighted by Gasteiger charge is 2.28. The van der Waals surface area contributed by atoms with Gasteiger partial charge < -0.3 is 20.2 Å². The average molecular weight is 375 g/mol. The normalized spacial score (nSPS) is 18.9. The number of hydrogen-bond acceptors (Lipinski definition) is 7. The van der Waals surface area contributed by atoms with Crippen LogP contribution in [0.3, 0.4) is 0 Å². The Hall–Kier alpha value is -2.44. The Morgan fingerprint density at radius 1 is 1.38 bits per heavy atom. The van der Waals surface area contributed by atoms with E-state index in [1.54, 1.807) is 0 Å². The van der Waals surface area contributed by atoms with E-state index in [-0.39, 0.29) is 11.5 Å². The maximum atomic E-state index is 12.5. The van der Waals surface area contributed by atoms with E-state index in [1.807, 2.05) is 6.07 Å². The number of aromatic nitrogens is 1. The first kappa shape index (κ1) is 18.4. The van der Waals surface area contributed by atoms with Crippen LogP contribution in [0, 0.1) is 17.2 Å². The fraction of sp³-hybridized carbons (Fsp3) is 0.529. The van der Waals surface area contributed by atoms with E-state index in [2.05, 4.69) is 22.2 Å². The van der Waals surface area contributed by atoms with Crippen molar-refractivity contribution in [2.75, 3.05) is 32.0 Å². The molecule has 0 atom stereocenters. The Morgan fingerprint density at radius 3 is 2.77 bits per heavy atom. The molecule has 0 bridgehead atoms. The zero-order valence-electron chi connectivity index (χ0n) is 14.6. The second-order valence-electron chi connectivity index (χ2n) is 6.60. The lowest BCUT2D eigenvalue weighted by atomic mass is 9.97. The lowest BCUT2D eigenvalue weighted by molar-refractivity contribution is -0.145. The van der Waals surface area contributed by atoms with Crippen molar-refractivity contribution in [3.63, 3.8) is 0 Å². The third-order valence-electron chi connectivity index (χ3n) is 4.74. The molecule has 1 saturated heterocycles. The molecule has 0 aromatic carbocycles. The van der Waals surface area contributed by atoms with Gasteiger partial charge in [0.05, 0.1) is 11.6 Å². The molecule has 0 radical (unpaired) electrons. The van der Waals surface area contributed by atoms with Gasteiger partial charge >= 0.3 is 5.97 Å². The molecule has 26 heavy (non-hydrogen) atoms. The summed E-state index contributed by atoms with van der Waals surface area (Å²) in [6.07, 6.45) is 3.13. The first-order valence-corrected chi connectivity index (χ1v) is 9.35. The van der Waals surface area contributed by atoms with Crippen LogP contribution in [0.4, 0.5) is 5.13 Å². The summed E-state index contributed by atoms with van der Waals surface area (Å²) in [5.41, 5.74) is 1.08. The molecule has 0 saturated carbocycles. The van der Waals surface area contributed by atoms with Crippen molar-refractivity contribution in [3.05, 3.63) is 22.3 Å². The van der Waals surface area contributed by atoms with Crippen molar-refractivity contribution in [2.45, 2.75) is 25.8 Å². The van der Waals surface area contributed by atoms with Gasteiger partial charge in [-0.3, -0.25) is 9.59 Å². The lowest BCUT2D eigenvalue weighted by Crippen LogP contribution is -2.40. The van der Waals surface area contributed by atoms with Gasteiger partial charge in [0.2, 0.25) is 0 Å². The Balaban J connectivity index is 1.63. The summed E-state index contributed by atoms with van der Waals surface area (Å²) < 4.78 is 0. The fourth-order valence-corrected chi connectivity index (χ4v) is 4.22. The summed E-state index contributed by atoms with van der Waals surface area (Å²) in [6.45, 7) is 2.54. The van der Waals surface area contributed by atoms with Gasteiger partial charge in [-0.05, 0) is 19.9 Å². The summed E-state index contributed by atoms with van der Waals surface area (Å²) in [7, 11) is 2.07. The number of aliphatic carboxylic acids is 1. The highest BCUT2D eigenvalue weighted by atomic mass is 32.1. The molecule has 1 fully saturated rings. The maximum absolute atomic E-state index is 12.5. The highest BCUT2D eigenvalue weighted by Crippen LogP contribution is 2.28. The summed E-state index contributed by atoms with van der Waals surface area (Å²) in [4.78, 5) is 33.0. The van der Waals surface area contributed by atoms with E-state index < -0.39 is 11.9 Å². The number of piperidine rings is 1. The summed E-state index contributed by atoms with van der Waals surface area (Å²) in [5, 5.41) is 22.0. The van der Waals surface area contributed by atoms with E-state index in [0.29, 0.717) is 31.1 Å². The fourth-order valence-electron chi connectivity index (χ4n) is 3.16. The third kappa shape index (κ3) is 4.03. The molecule has 2 aliphatic rings. The van der Waals surface area contributed by atoms with Crippen molar-refractivity contribution in [1.82, 2.24) is 14.8 Å². The molecule has 0 unspecified atom stereocenters. The first-order valence-electron chi connectivity index (χ1n) is 8.54. The van der Waals surface area contributed by atoms with Crippen LogP contribution in [0.1, 0.15) is 23.4 Å². The number of likely N-dealkylation sites (N-methyl/N-ethyl adjacent to an activating group) is 1. The number of anilines is 1. The van der Waals surface area contributed by atoms with Gasteiger partial charge in [0.25, 0.3) is 5.91 Å². The van der Waals surface area contributed by atoms with Gasteiger partial charge in [0, 0.05) is 43.7 Å². The summed E-state index contributed by atoms with van der Waals surface area (Å²) in [5.74, 6) is -1.61.